The molecule has 134 valence electrons. The van der Waals surface area contributed by atoms with Gasteiger partial charge in [-0.25, -0.2) is 0 Å². The van der Waals surface area contributed by atoms with Crippen LogP contribution in [0.3, 0.4) is 0 Å². The third kappa shape index (κ3) is 5.16. The minimum atomic E-state index is -0.686. The maximum absolute atomic E-state index is 12.9. The maximum atomic E-state index is 12.9. The first-order valence-corrected chi connectivity index (χ1v) is 9.00. The van der Waals surface area contributed by atoms with Crippen LogP contribution in [0, 0.1) is 5.41 Å². The van der Waals surface area contributed by atoms with Crippen LogP contribution in [0.1, 0.15) is 46.5 Å². The number of likely N-dealkylation sites (N-methyl/N-ethyl adjacent to an activating group) is 1. The lowest BCUT2D eigenvalue weighted by molar-refractivity contribution is -0.145. The Balaban J connectivity index is 2.03. The largest absolute Gasteiger partial charge is 0.387 e. The van der Waals surface area contributed by atoms with Crippen molar-refractivity contribution in [2.45, 2.75) is 58.1 Å². The summed E-state index contributed by atoms with van der Waals surface area (Å²) in [5.74, 6) is 0.264. The Hall–Kier alpha value is -0.650. The molecule has 0 spiro atoms. The first-order chi connectivity index (χ1) is 10.6. The third-order valence-electron chi connectivity index (χ3n) is 4.80. The molecule has 2 heterocycles. The first kappa shape index (κ1) is 18.7. The number of hydrogen-bond donors (Lipinski definition) is 1. The molecule has 2 aliphatic heterocycles. The van der Waals surface area contributed by atoms with Crippen LogP contribution in [0.15, 0.2) is 0 Å². The summed E-state index contributed by atoms with van der Waals surface area (Å²) < 4.78 is 0. The Morgan fingerprint density at radius 2 is 1.96 bits per heavy atom. The van der Waals surface area contributed by atoms with Gasteiger partial charge in [0.1, 0.15) is 0 Å². The molecule has 2 atom stereocenters. The quantitative estimate of drug-likeness (QED) is 0.849. The zero-order chi connectivity index (χ0) is 17.3. The Morgan fingerprint density at radius 3 is 2.57 bits per heavy atom. The number of hydrogen-bond acceptors (Lipinski definition) is 4. The van der Waals surface area contributed by atoms with Crippen LogP contribution in [-0.4, -0.2) is 84.2 Å². The molecule has 0 aromatic rings. The van der Waals surface area contributed by atoms with Gasteiger partial charge in [-0.05, 0) is 51.7 Å². The minimum absolute atomic E-state index is 0.0416. The summed E-state index contributed by atoms with van der Waals surface area (Å²) in [6.07, 6.45) is 3.79. The van der Waals surface area contributed by atoms with E-state index in [0.29, 0.717) is 13.1 Å². The number of likely N-dealkylation sites (tertiary alicyclic amines) is 2. The lowest BCUT2D eigenvalue weighted by Gasteiger charge is -2.46. The standard InChI is InChI=1S/C18H35N3O2/c1-17(2,3)12-21-10-6-8-15(16(21)22)20-11-7-9-18(23,14-20)13-19(4)5/h15,23H,6-14H2,1-5H3. The molecule has 1 amide bonds. The average Bonchev–Trinajstić information content (AvgIpc) is 2.38. The molecule has 0 saturated carbocycles. The smallest absolute Gasteiger partial charge is 0.239 e. The number of carbonyl (C=O) groups is 1. The summed E-state index contributed by atoms with van der Waals surface area (Å²) >= 11 is 0. The van der Waals surface area contributed by atoms with E-state index in [1.54, 1.807) is 0 Å². The summed E-state index contributed by atoms with van der Waals surface area (Å²) in [7, 11) is 3.99. The second-order valence-electron chi connectivity index (χ2n) is 9.01. The van der Waals surface area contributed by atoms with E-state index in [1.807, 2.05) is 23.9 Å². The predicted molar refractivity (Wildman–Crippen MR) is 93.4 cm³/mol. The molecule has 0 aromatic heterocycles. The number of aliphatic hydroxyl groups is 1. The van der Waals surface area contributed by atoms with Gasteiger partial charge < -0.3 is 14.9 Å². The number of carbonyl (C=O) groups excluding carboxylic acids is 1. The summed E-state index contributed by atoms with van der Waals surface area (Å²) in [4.78, 5) is 19.2. The fourth-order valence-electron chi connectivity index (χ4n) is 4.12. The lowest BCUT2D eigenvalue weighted by atomic mass is 9.89. The van der Waals surface area contributed by atoms with Crippen LogP contribution >= 0.6 is 0 Å². The van der Waals surface area contributed by atoms with E-state index in [9.17, 15) is 9.90 Å². The van der Waals surface area contributed by atoms with Crippen LogP contribution in [0.5, 0.6) is 0 Å². The fourth-order valence-corrected chi connectivity index (χ4v) is 4.12. The first-order valence-electron chi connectivity index (χ1n) is 9.00. The highest BCUT2D eigenvalue weighted by Crippen LogP contribution is 2.28. The van der Waals surface area contributed by atoms with Crippen molar-refractivity contribution in [3.05, 3.63) is 0 Å². The average molecular weight is 325 g/mol. The molecule has 23 heavy (non-hydrogen) atoms. The number of amides is 1. The van der Waals surface area contributed by atoms with Crippen LogP contribution in [0.2, 0.25) is 0 Å². The van der Waals surface area contributed by atoms with Gasteiger partial charge in [0.15, 0.2) is 0 Å². The molecule has 2 aliphatic rings. The molecule has 5 nitrogen and oxygen atoms in total. The second-order valence-corrected chi connectivity index (χ2v) is 9.01. The Labute approximate surface area is 141 Å². The molecular weight excluding hydrogens is 290 g/mol. The van der Waals surface area contributed by atoms with E-state index < -0.39 is 5.60 Å². The van der Waals surface area contributed by atoms with Gasteiger partial charge in [-0.1, -0.05) is 20.8 Å². The molecule has 0 radical (unpaired) electrons. The van der Waals surface area contributed by atoms with Crippen molar-refractivity contribution < 1.29 is 9.90 Å². The molecule has 1 N–H and O–H groups in total. The Kier molecular flexibility index (Phi) is 5.75. The zero-order valence-corrected chi connectivity index (χ0v) is 15.6. The molecule has 2 rings (SSSR count). The number of piperidine rings is 2. The second kappa shape index (κ2) is 7.08. The molecule has 2 fully saturated rings. The SMILES string of the molecule is CN(C)CC1(O)CCCN(C2CCCN(CC(C)(C)C)C2=O)C1. The summed E-state index contributed by atoms with van der Waals surface area (Å²) in [6.45, 7) is 10.4. The van der Waals surface area contributed by atoms with Gasteiger partial charge in [-0.3, -0.25) is 9.69 Å². The van der Waals surface area contributed by atoms with Crippen molar-refractivity contribution in [3.8, 4) is 0 Å². The van der Waals surface area contributed by atoms with Crippen LogP contribution in [0.25, 0.3) is 0 Å². The molecule has 2 saturated heterocycles. The van der Waals surface area contributed by atoms with E-state index in [-0.39, 0.29) is 17.4 Å². The summed E-state index contributed by atoms with van der Waals surface area (Å²) in [6, 6.07) is -0.0416. The normalized spacial score (nSPS) is 31.0. The zero-order valence-electron chi connectivity index (χ0n) is 15.6. The van der Waals surface area contributed by atoms with Crippen molar-refractivity contribution in [1.82, 2.24) is 14.7 Å². The van der Waals surface area contributed by atoms with E-state index in [1.165, 1.54) is 0 Å². The summed E-state index contributed by atoms with van der Waals surface area (Å²) in [5, 5.41) is 10.9. The van der Waals surface area contributed by atoms with Crippen molar-refractivity contribution in [2.75, 3.05) is 46.8 Å². The fraction of sp³-hybridized carbons (Fsp3) is 0.944. The summed E-state index contributed by atoms with van der Waals surface area (Å²) in [5.41, 5.74) is -0.556. The Bertz CT molecular complexity index is 419. The molecular formula is C18H35N3O2. The molecule has 0 bridgehead atoms. The third-order valence-corrected chi connectivity index (χ3v) is 4.80. The molecule has 0 aromatic carbocycles. The maximum Gasteiger partial charge on any atom is 0.239 e. The van der Waals surface area contributed by atoms with E-state index in [0.717, 1.165) is 45.3 Å². The van der Waals surface area contributed by atoms with Crippen LogP contribution < -0.4 is 0 Å². The van der Waals surface area contributed by atoms with Gasteiger partial charge >= 0.3 is 0 Å². The van der Waals surface area contributed by atoms with Gasteiger partial charge in [-0.2, -0.15) is 0 Å². The van der Waals surface area contributed by atoms with Gasteiger partial charge in [0.2, 0.25) is 5.91 Å². The monoisotopic (exact) mass is 325 g/mol. The minimum Gasteiger partial charge on any atom is -0.387 e. The van der Waals surface area contributed by atoms with E-state index in [4.69, 9.17) is 0 Å². The van der Waals surface area contributed by atoms with Crippen molar-refractivity contribution in [2.24, 2.45) is 5.41 Å². The van der Waals surface area contributed by atoms with Crippen LogP contribution in [-0.2, 0) is 4.79 Å². The molecule has 0 aliphatic carbocycles. The number of β-amino-alcohol motifs (C(OH)–C–C–N with tert-alkyl or cyclic N) is 1. The number of rotatable bonds is 4. The van der Waals surface area contributed by atoms with Gasteiger partial charge in [0.25, 0.3) is 0 Å². The predicted octanol–water partition coefficient (Wildman–Crippen LogP) is 1.41. The highest BCUT2D eigenvalue weighted by molar-refractivity contribution is 5.82. The number of nitrogens with zero attached hydrogens (tertiary/aromatic N) is 3. The van der Waals surface area contributed by atoms with E-state index >= 15 is 0 Å². The van der Waals surface area contributed by atoms with Crippen LogP contribution in [0.4, 0.5) is 0 Å². The molecule has 2 unspecified atom stereocenters. The van der Waals surface area contributed by atoms with Gasteiger partial charge in [0, 0.05) is 26.2 Å². The van der Waals surface area contributed by atoms with Gasteiger partial charge in [0.05, 0.1) is 11.6 Å². The molecule has 5 heteroatoms. The Morgan fingerprint density at radius 1 is 1.26 bits per heavy atom. The van der Waals surface area contributed by atoms with E-state index in [2.05, 4.69) is 25.7 Å². The topological polar surface area (TPSA) is 47.0 Å². The van der Waals surface area contributed by atoms with Gasteiger partial charge in [-0.15, -0.1) is 0 Å². The highest BCUT2D eigenvalue weighted by Gasteiger charge is 2.41. The van der Waals surface area contributed by atoms with Crippen molar-refractivity contribution >= 4 is 5.91 Å². The van der Waals surface area contributed by atoms with Crippen molar-refractivity contribution in [3.63, 3.8) is 0 Å². The lowest BCUT2D eigenvalue weighted by Crippen LogP contribution is -2.60. The van der Waals surface area contributed by atoms with Crippen molar-refractivity contribution in [1.29, 1.82) is 0 Å². The highest BCUT2D eigenvalue weighted by atomic mass is 16.3.